The smallest absolute Gasteiger partial charge is 0.237 e. The molecule has 0 amide bonds. The van der Waals surface area contributed by atoms with Crippen LogP contribution in [0.15, 0.2) is 52.4 Å². The third-order valence-corrected chi connectivity index (χ3v) is 6.12. The van der Waals surface area contributed by atoms with E-state index in [-0.39, 0.29) is 5.41 Å². The molecular formula is C24H28N6OS. The van der Waals surface area contributed by atoms with Crippen LogP contribution < -0.4 is 0 Å². The second kappa shape index (κ2) is 9.24. The second-order valence-electron chi connectivity index (χ2n) is 8.57. The van der Waals surface area contributed by atoms with E-state index in [0.717, 1.165) is 35.1 Å². The van der Waals surface area contributed by atoms with Crippen molar-refractivity contribution in [2.24, 2.45) is 0 Å². The summed E-state index contributed by atoms with van der Waals surface area (Å²) < 4.78 is 7.64. The van der Waals surface area contributed by atoms with Crippen LogP contribution in [0.1, 0.15) is 57.5 Å². The topological polar surface area (TPSA) is 82.5 Å². The summed E-state index contributed by atoms with van der Waals surface area (Å²) in [5.41, 5.74) is 4.42. The van der Waals surface area contributed by atoms with Gasteiger partial charge < -0.3 is 4.52 Å². The van der Waals surface area contributed by atoms with Gasteiger partial charge in [-0.05, 0) is 36.1 Å². The fraction of sp³-hybridized carbons (Fsp3) is 0.375. The van der Waals surface area contributed by atoms with Gasteiger partial charge in [0.25, 0.3) is 0 Å². The van der Waals surface area contributed by atoms with Crippen LogP contribution in [0.4, 0.5) is 0 Å². The summed E-state index contributed by atoms with van der Waals surface area (Å²) in [6.07, 6.45) is 5.41. The molecule has 0 aliphatic heterocycles. The molecule has 7 nitrogen and oxygen atoms in total. The average molecular weight is 449 g/mol. The molecule has 1 aromatic carbocycles. The molecule has 3 heterocycles. The first-order chi connectivity index (χ1) is 15.4. The molecule has 0 aliphatic rings. The van der Waals surface area contributed by atoms with E-state index in [0.29, 0.717) is 17.5 Å². The molecule has 32 heavy (non-hydrogen) atoms. The van der Waals surface area contributed by atoms with Crippen molar-refractivity contribution in [2.45, 2.75) is 63.8 Å². The zero-order valence-electron chi connectivity index (χ0n) is 19.2. The number of aromatic nitrogens is 6. The van der Waals surface area contributed by atoms with Crippen LogP contribution in [-0.4, -0.2) is 29.9 Å². The monoisotopic (exact) mass is 448 g/mol. The van der Waals surface area contributed by atoms with E-state index in [9.17, 15) is 0 Å². The largest absolute Gasteiger partial charge is 0.338 e. The highest BCUT2D eigenvalue weighted by Gasteiger charge is 2.23. The molecule has 0 aliphatic carbocycles. The molecule has 4 aromatic rings. The minimum absolute atomic E-state index is 0.157. The summed E-state index contributed by atoms with van der Waals surface area (Å²) in [5, 5.41) is 14.0. The Kier molecular flexibility index (Phi) is 6.41. The Bertz CT molecular complexity index is 1170. The van der Waals surface area contributed by atoms with Gasteiger partial charge in [-0.1, -0.05) is 69.7 Å². The highest BCUT2D eigenvalue weighted by Crippen LogP contribution is 2.33. The standard InChI is InChI=1S/C24H28N6OS/c1-6-16-10-8-11-17(7-2)20(16)30-21(18-12-9-13-25-14-18)27-28-23(30)32-15-19-26-22(29-31-19)24(3,4)5/h8-14H,6-7,15H2,1-5H3. The quantitative estimate of drug-likeness (QED) is 0.349. The number of aryl methyl sites for hydroxylation is 2. The predicted octanol–water partition coefficient (Wildman–Crippen LogP) is 5.43. The molecule has 0 radical (unpaired) electrons. The lowest BCUT2D eigenvalue weighted by Crippen LogP contribution is -2.13. The molecule has 0 saturated heterocycles. The third kappa shape index (κ3) is 4.46. The minimum Gasteiger partial charge on any atom is -0.338 e. The van der Waals surface area contributed by atoms with Crippen molar-refractivity contribution in [1.29, 1.82) is 0 Å². The first-order valence-corrected chi connectivity index (χ1v) is 11.8. The minimum atomic E-state index is -0.157. The lowest BCUT2D eigenvalue weighted by molar-refractivity contribution is 0.372. The number of pyridine rings is 1. The van der Waals surface area contributed by atoms with Gasteiger partial charge >= 0.3 is 0 Å². The van der Waals surface area contributed by atoms with Crippen molar-refractivity contribution in [3.8, 4) is 17.1 Å². The van der Waals surface area contributed by atoms with Crippen LogP contribution in [0, 0.1) is 0 Å². The SMILES string of the molecule is CCc1cccc(CC)c1-n1c(SCc2nc(C(C)(C)C)no2)nnc1-c1cccnc1. The molecule has 0 bridgehead atoms. The lowest BCUT2D eigenvalue weighted by atomic mass is 9.96. The van der Waals surface area contributed by atoms with Gasteiger partial charge in [-0.15, -0.1) is 10.2 Å². The van der Waals surface area contributed by atoms with Crippen molar-refractivity contribution in [1.82, 2.24) is 29.9 Å². The molecule has 0 atom stereocenters. The van der Waals surface area contributed by atoms with Crippen molar-refractivity contribution < 1.29 is 4.52 Å². The maximum absolute atomic E-state index is 5.49. The Balaban J connectivity index is 1.78. The third-order valence-electron chi connectivity index (χ3n) is 5.21. The van der Waals surface area contributed by atoms with Crippen LogP contribution >= 0.6 is 11.8 Å². The van der Waals surface area contributed by atoms with Crippen LogP contribution in [0.2, 0.25) is 0 Å². The van der Waals surface area contributed by atoms with Gasteiger partial charge in [-0.3, -0.25) is 9.55 Å². The molecule has 166 valence electrons. The fourth-order valence-corrected chi connectivity index (χ4v) is 4.27. The number of hydrogen-bond donors (Lipinski definition) is 0. The van der Waals surface area contributed by atoms with Crippen LogP contribution in [0.5, 0.6) is 0 Å². The summed E-state index contributed by atoms with van der Waals surface area (Å²) in [5.74, 6) is 2.58. The summed E-state index contributed by atoms with van der Waals surface area (Å²) in [7, 11) is 0. The maximum Gasteiger partial charge on any atom is 0.237 e. The number of rotatable bonds is 7. The average Bonchev–Trinajstić information content (AvgIpc) is 3.44. The van der Waals surface area contributed by atoms with Gasteiger partial charge in [0, 0.05) is 23.4 Å². The lowest BCUT2D eigenvalue weighted by Gasteiger charge is -2.17. The summed E-state index contributed by atoms with van der Waals surface area (Å²) >= 11 is 1.55. The normalized spacial score (nSPS) is 11.8. The molecular weight excluding hydrogens is 420 g/mol. The Morgan fingerprint density at radius 3 is 2.34 bits per heavy atom. The van der Waals surface area contributed by atoms with Gasteiger partial charge in [0.05, 0.1) is 11.4 Å². The van der Waals surface area contributed by atoms with E-state index in [4.69, 9.17) is 4.52 Å². The Hall–Kier alpha value is -3.00. The number of para-hydroxylation sites is 1. The molecule has 8 heteroatoms. The van der Waals surface area contributed by atoms with Gasteiger partial charge in [0.15, 0.2) is 16.8 Å². The number of benzene rings is 1. The number of hydrogen-bond acceptors (Lipinski definition) is 7. The van der Waals surface area contributed by atoms with Crippen molar-refractivity contribution >= 4 is 11.8 Å². The Labute approximate surface area is 192 Å². The zero-order chi connectivity index (χ0) is 22.7. The summed E-state index contributed by atoms with van der Waals surface area (Å²) in [6.45, 7) is 10.6. The van der Waals surface area contributed by atoms with Gasteiger partial charge in [-0.2, -0.15) is 4.98 Å². The first kappa shape index (κ1) is 22.2. The van der Waals surface area contributed by atoms with E-state index in [1.807, 2.05) is 18.3 Å². The maximum atomic E-state index is 5.49. The van der Waals surface area contributed by atoms with Crippen molar-refractivity contribution in [3.63, 3.8) is 0 Å². The molecule has 0 saturated carbocycles. The Morgan fingerprint density at radius 1 is 1.00 bits per heavy atom. The van der Waals surface area contributed by atoms with Crippen LogP contribution in [0.25, 0.3) is 17.1 Å². The van der Waals surface area contributed by atoms with Gasteiger partial charge in [0.2, 0.25) is 5.89 Å². The zero-order valence-corrected chi connectivity index (χ0v) is 20.0. The van der Waals surface area contributed by atoms with Gasteiger partial charge in [0.1, 0.15) is 0 Å². The molecule has 4 rings (SSSR count). The fourth-order valence-electron chi connectivity index (χ4n) is 3.49. The highest BCUT2D eigenvalue weighted by atomic mass is 32.2. The van der Waals surface area contributed by atoms with E-state index in [1.54, 1.807) is 18.0 Å². The van der Waals surface area contributed by atoms with E-state index in [2.05, 4.69) is 82.7 Å². The van der Waals surface area contributed by atoms with E-state index >= 15 is 0 Å². The van der Waals surface area contributed by atoms with E-state index in [1.165, 1.54) is 11.1 Å². The first-order valence-electron chi connectivity index (χ1n) is 10.8. The number of nitrogens with zero attached hydrogens (tertiary/aromatic N) is 6. The molecule has 3 aromatic heterocycles. The predicted molar refractivity (Wildman–Crippen MR) is 126 cm³/mol. The molecule has 0 spiro atoms. The summed E-state index contributed by atoms with van der Waals surface area (Å²) in [4.78, 5) is 8.85. The van der Waals surface area contributed by atoms with Crippen LogP contribution in [-0.2, 0) is 24.0 Å². The molecule has 0 N–H and O–H groups in total. The van der Waals surface area contributed by atoms with Crippen molar-refractivity contribution in [3.05, 3.63) is 65.6 Å². The summed E-state index contributed by atoms with van der Waals surface area (Å²) in [6, 6.07) is 10.4. The highest BCUT2D eigenvalue weighted by molar-refractivity contribution is 7.98. The second-order valence-corrected chi connectivity index (χ2v) is 9.51. The van der Waals surface area contributed by atoms with E-state index < -0.39 is 0 Å². The van der Waals surface area contributed by atoms with Gasteiger partial charge in [-0.25, -0.2) is 0 Å². The van der Waals surface area contributed by atoms with Crippen molar-refractivity contribution in [2.75, 3.05) is 0 Å². The number of thioether (sulfide) groups is 1. The van der Waals surface area contributed by atoms with Crippen LogP contribution in [0.3, 0.4) is 0 Å². The molecule has 0 unspecified atom stereocenters. The Morgan fingerprint density at radius 2 is 1.75 bits per heavy atom. The molecule has 0 fully saturated rings.